The summed E-state index contributed by atoms with van der Waals surface area (Å²) in [6.07, 6.45) is 3.05. The van der Waals surface area contributed by atoms with E-state index < -0.39 is 0 Å². The summed E-state index contributed by atoms with van der Waals surface area (Å²) in [5.74, 6) is 1.66. The van der Waals surface area contributed by atoms with E-state index in [-0.39, 0.29) is 4.33 Å². The summed E-state index contributed by atoms with van der Waals surface area (Å²) in [7, 11) is 0. The van der Waals surface area contributed by atoms with Gasteiger partial charge >= 0.3 is 0 Å². The van der Waals surface area contributed by atoms with Gasteiger partial charge in [-0.25, -0.2) is 0 Å². The lowest BCUT2D eigenvalue weighted by Crippen LogP contribution is -1.91. The molecule has 0 spiro atoms. The van der Waals surface area contributed by atoms with Gasteiger partial charge in [-0.05, 0) is 18.4 Å². The Morgan fingerprint density at radius 3 is 2.38 bits per heavy atom. The van der Waals surface area contributed by atoms with Crippen molar-refractivity contribution in [3.8, 4) is 0 Å². The van der Waals surface area contributed by atoms with Crippen LogP contribution in [-0.2, 0) is 0 Å². The molecule has 1 saturated carbocycles. The summed E-state index contributed by atoms with van der Waals surface area (Å²) in [5.41, 5.74) is 0. The van der Waals surface area contributed by atoms with E-state index in [9.17, 15) is 0 Å². The van der Waals surface area contributed by atoms with Crippen molar-refractivity contribution in [3.05, 3.63) is 0 Å². The quantitative estimate of drug-likeness (QED) is 0.575. The number of hydrogen-bond acceptors (Lipinski definition) is 1. The van der Waals surface area contributed by atoms with Gasteiger partial charge in [0.2, 0.25) is 0 Å². The fourth-order valence-corrected chi connectivity index (χ4v) is 2.17. The first-order valence-corrected chi connectivity index (χ1v) is 4.68. The molecule has 0 N–H and O–H groups in total. The zero-order valence-corrected chi connectivity index (χ0v) is 6.98. The van der Waals surface area contributed by atoms with Gasteiger partial charge in [0.25, 0.3) is 0 Å². The molecule has 0 amide bonds. The fourth-order valence-electron chi connectivity index (χ4n) is 0.652. The average molecular weight is 171 g/mol. The molecule has 1 fully saturated rings. The maximum absolute atomic E-state index is 5.74. The molecule has 0 nitrogen and oxygen atoms in total. The smallest absolute Gasteiger partial charge is 0.122 e. The number of alkyl halides is 2. The first-order chi connectivity index (χ1) is 3.67. The molecule has 0 heterocycles. The maximum Gasteiger partial charge on any atom is 0.122 e. The van der Waals surface area contributed by atoms with Gasteiger partial charge in [0, 0.05) is 5.92 Å². The molecule has 1 aliphatic carbocycles. The summed E-state index contributed by atoms with van der Waals surface area (Å²) in [5, 5.41) is 0. The summed E-state index contributed by atoms with van der Waals surface area (Å²) < 4.78 is -0.358. The number of halogens is 2. The van der Waals surface area contributed by atoms with Crippen LogP contribution in [0.5, 0.6) is 0 Å². The van der Waals surface area contributed by atoms with Crippen molar-refractivity contribution in [2.45, 2.75) is 10.8 Å². The maximum atomic E-state index is 5.74. The highest BCUT2D eigenvalue weighted by atomic mass is 35.5. The molecular formula is C5H8Cl2S. The van der Waals surface area contributed by atoms with Gasteiger partial charge in [0.15, 0.2) is 0 Å². The third kappa shape index (κ3) is 1.46. The molecule has 0 aromatic rings. The SMILES string of the molecule is CSCC1CC1(Cl)Cl. The van der Waals surface area contributed by atoms with Crippen LogP contribution in [-0.4, -0.2) is 16.3 Å². The Labute approximate surface area is 63.9 Å². The van der Waals surface area contributed by atoms with E-state index in [1.165, 1.54) is 0 Å². The highest BCUT2D eigenvalue weighted by Gasteiger charge is 2.50. The van der Waals surface area contributed by atoms with Gasteiger partial charge in [-0.2, -0.15) is 11.8 Å². The molecule has 0 aromatic heterocycles. The fraction of sp³-hybridized carbons (Fsp3) is 1.00. The molecule has 0 saturated heterocycles. The summed E-state index contributed by atoms with van der Waals surface area (Å²) in [6.45, 7) is 0. The van der Waals surface area contributed by atoms with E-state index in [4.69, 9.17) is 23.2 Å². The molecule has 8 heavy (non-hydrogen) atoms. The second-order valence-electron chi connectivity index (χ2n) is 2.12. The van der Waals surface area contributed by atoms with Gasteiger partial charge in [-0.15, -0.1) is 23.2 Å². The molecule has 1 atom stereocenters. The van der Waals surface area contributed by atoms with Crippen LogP contribution in [0.2, 0.25) is 0 Å². The van der Waals surface area contributed by atoms with Crippen LogP contribution in [0.3, 0.4) is 0 Å². The van der Waals surface area contributed by atoms with Gasteiger partial charge < -0.3 is 0 Å². The summed E-state index contributed by atoms with van der Waals surface area (Å²) >= 11 is 13.3. The van der Waals surface area contributed by atoms with Crippen molar-refractivity contribution >= 4 is 35.0 Å². The summed E-state index contributed by atoms with van der Waals surface area (Å²) in [6, 6.07) is 0. The standard InChI is InChI=1S/C5H8Cl2S/c1-8-3-4-2-5(4,6)7/h4H,2-3H2,1H3. The molecule has 1 rings (SSSR count). The summed E-state index contributed by atoms with van der Waals surface area (Å²) in [4.78, 5) is 0. The molecule has 1 aliphatic rings. The zero-order chi connectivity index (χ0) is 6.20. The first-order valence-electron chi connectivity index (χ1n) is 2.53. The van der Waals surface area contributed by atoms with Crippen molar-refractivity contribution in [2.75, 3.05) is 12.0 Å². The highest BCUT2D eigenvalue weighted by molar-refractivity contribution is 7.98. The second kappa shape index (κ2) is 2.28. The van der Waals surface area contributed by atoms with E-state index in [2.05, 4.69) is 6.26 Å². The highest BCUT2D eigenvalue weighted by Crippen LogP contribution is 2.54. The lowest BCUT2D eigenvalue weighted by Gasteiger charge is -1.93. The van der Waals surface area contributed by atoms with Crippen LogP contribution in [0.4, 0.5) is 0 Å². The molecule has 48 valence electrons. The number of rotatable bonds is 2. The van der Waals surface area contributed by atoms with E-state index in [0.29, 0.717) is 5.92 Å². The molecule has 0 radical (unpaired) electrons. The first kappa shape index (κ1) is 7.04. The van der Waals surface area contributed by atoms with E-state index >= 15 is 0 Å². The van der Waals surface area contributed by atoms with Crippen LogP contribution < -0.4 is 0 Å². The predicted octanol–water partition coefficient (Wildman–Crippen LogP) is 2.54. The van der Waals surface area contributed by atoms with Crippen molar-refractivity contribution in [3.63, 3.8) is 0 Å². The molecule has 3 heteroatoms. The lowest BCUT2D eigenvalue weighted by molar-refractivity contribution is 0.982. The topological polar surface area (TPSA) is 0 Å². The largest absolute Gasteiger partial charge is 0.165 e. The van der Waals surface area contributed by atoms with Crippen LogP contribution in [0, 0.1) is 5.92 Å². The Balaban J connectivity index is 2.17. The monoisotopic (exact) mass is 170 g/mol. The molecular weight excluding hydrogens is 163 g/mol. The third-order valence-corrected chi connectivity index (χ3v) is 2.99. The van der Waals surface area contributed by atoms with E-state index in [1.54, 1.807) is 11.8 Å². The Hall–Kier alpha value is 0.930. The van der Waals surface area contributed by atoms with Gasteiger partial charge in [-0.3, -0.25) is 0 Å². The third-order valence-electron chi connectivity index (χ3n) is 1.32. The molecule has 0 aliphatic heterocycles. The van der Waals surface area contributed by atoms with Crippen molar-refractivity contribution in [1.82, 2.24) is 0 Å². The van der Waals surface area contributed by atoms with Crippen molar-refractivity contribution in [2.24, 2.45) is 5.92 Å². The van der Waals surface area contributed by atoms with E-state index in [1.807, 2.05) is 0 Å². The Kier molecular flexibility index (Phi) is 2.01. The second-order valence-corrected chi connectivity index (χ2v) is 4.57. The van der Waals surface area contributed by atoms with Gasteiger partial charge in [0.1, 0.15) is 4.33 Å². The van der Waals surface area contributed by atoms with Crippen LogP contribution in [0.25, 0.3) is 0 Å². The van der Waals surface area contributed by atoms with Crippen LogP contribution >= 0.6 is 35.0 Å². The Morgan fingerprint density at radius 2 is 2.25 bits per heavy atom. The normalized spacial score (nSPS) is 32.6. The van der Waals surface area contributed by atoms with Gasteiger partial charge in [-0.1, -0.05) is 0 Å². The molecule has 0 aromatic carbocycles. The lowest BCUT2D eigenvalue weighted by atomic mass is 10.5. The van der Waals surface area contributed by atoms with Gasteiger partial charge in [0.05, 0.1) is 0 Å². The Morgan fingerprint density at radius 1 is 1.75 bits per heavy atom. The average Bonchev–Trinajstić information content (AvgIpc) is 2.15. The van der Waals surface area contributed by atoms with Crippen LogP contribution in [0.15, 0.2) is 0 Å². The minimum absolute atomic E-state index is 0.358. The number of thioether (sulfide) groups is 1. The van der Waals surface area contributed by atoms with Crippen molar-refractivity contribution in [1.29, 1.82) is 0 Å². The van der Waals surface area contributed by atoms with E-state index in [0.717, 1.165) is 12.2 Å². The van der Waals surface area contributed by atoms with Crippen molar-refractivity contribution < 1.29 is 0 Å². The Bertz CT molecular complexity index is 92.4. The zero-order valence-electron chi connectivity index (χ0n) is 4.66. The van der Waals surface area contributed by atoms with Crippen LogP contribution in [0.1, 0.15) is 6.42 Å². The molecule has 1 unspecified atom stereocenters. The number of hydrogen-bond donors (Lipinski definition) is 0. The minimum Gasteiger partial charge on any atom is -0.165 e. The molecule has 0 bridgehead atoms. The predicted molar refractivity (Wildman–Crippen MR) is 40.9 cm³/mol. The minimum atomic E-state index is -0.358.